The number of unbranched alkanes of at least 4 members (excludes halogenated alkanes) is 8. The van der Waals surface area contributed by atoms with Crippen LogP contribution in [-0.2, 0) is 20.6 Å². The summed E-state index contributed by atoms with van der Waals surface area (Å²) in [6.07, 6.45) is 14.3. The molecule has 0 aliphatic carbocycles. The maximum Gasteiger partial charge on any atom is 0.285 e. The summed E-state index contributed by atoms with van der Waals surface area (Å²) < 4.78 is 44.0. The molecule has 1 aromatic carbocycles. The Hall–Kier alpha value is -1.04. The van der Waals surface area contributed by atoms with E-state index >= 15 is 0 Å². The van der Waals surface area contributed by atoms with E-state index in [4.69, 9.17) is 14.2 Å². The fraction of sp³-hybridized carbons (Fsp3) is 0.769. The topological polar surface area (TPSA) is 27.7 Å². The zero-order valence-corrected chi connectivity index (χ0v) is 20.2. The highest BCUT2D eigenvalue weighted by Gasteiger charge is 2.39. The van der Waals surface area contributed by atoms with Crippen LogP contribution in [0.1, 0.15) is 96.5 Å². The van der Waals surface area contributed by atoms with Gasteiger partial charge in [-0.25, -0.2) is 8.78 Å². The van der Waals surface area contributed by atoms with Gasteiger partial charge in [-0.3, -0.25) is 0 Å². The van der Waals surface area contributed by atoms with Gasteiger partial charge in [0.05, 0.1) is 0 Å². The summed E-state index contributed by atoms with van der Waals surface area (Å²) in [7, 11) is 3.32. The molecule has 0 aliphatic heterocycles. The maximum absolute atomic E-state index is 13.3. The van der Waals surface area contributed by atoms with Crippen molar-refractivity contribution in [3.63, 3.8) is 0 Å². The van der Waals surface area contributed by atoms with Crippen molar-refractivity contribution in [2.24, 2.45) is 5.92 Å². The van der Waals surface area contributed by atoms with E-state index in [1.54, 1.807) is 14.2 Å². The summed E-state index contributed by atoms with van der Waals surface area (Å²) in [6, 6.07) is 3.77. The minimum Gasteiger partial charge on any atom is -0.331 e. The van der Waals surface area contributed by atoms with E-state index in [1.165, 1.54) is 44.2 Å². The third kappa shape index (κ3) is 10.9. The molecule has 0 amide bonds. The van der Waals surface area contributed by atoms with Crippen LogP contribution in [0.5, 0.6) is 0 Å². The van der Waals surface area contributed by atoms with E-state index in [-0.39, 0.29) is 5.92 Å². The lowest BCUT2D eigenvalue weighted by atomic mass is 9.91. The summed E-state index contributed by atoms with van der Waals surface area (Å²) in [5.74, 6) is -1.79. The second kappa shape index (κ2) is 16.6. The van der Waals surface area contributed by atoms with Crippen LogP contribution < -0.4 is 0 Å². The molecular weight excluding hydrogens is 398 g/mol. The van der Waals surface area contributed by atoms with E-state index < -0.39 is 17.6 Å². The van der Waals surface area contributed by atoms with Gasteiger partial charge in [-0.15, -0.1) is 0 Å². The van der Waals surface area contributed by atoms with E-state index in [9.17, 15) is 8.78 Å². The van der Waals surface area contributed by atoms with Crippen LogP contribution >= 0.6 is 0 Å². The summed E-state index contributed by atoms with van der Waals surface area (Å²) in [4.78, 5) is 0. The van der Waals surface area contributed by atoms with Crippen LogP contribution in [0.4, 0.5) is 8.78 Å². The third-order valence-corrected chi connectivity index (χ3v) is 6.01. The molecule has 0 heterocycles. The lowest BCUT2D eigenvalue weighted by molar-refractivity contribution is -0.388. The van der Waals surface area contributed by atoms with Crippen LogP contribution in [0, 0.1) is 17.6 Å². The Morgan fingerprint density at radius 3 is 1.77 bits per heavy atom. The molecule has 0 N–H and O–H groups in total. The molecule has 0 saturated heterocycles. The zero-order valence-electron chi connectivity index (χ0n) is 20.2. The predicted octanol–water partition coefficient (Wildman–Crippen LogP) is 7.81. The number of rotatable bonds is 19. The van der Waals surface area contributed by atoms with Gasteiger partial charge in [0.25, 0.3) is 5.97 Å². The van der Waals surface area contributed by atoms with Crippen molar-refractivity contribution in [1.82, 2.24) is 0 Å². The normalized spacial score (nSPS) is 13.0. The van der Waals surface area contributed by atoms with Gasteiger partial charge in [-0.2, -0.15) is 0 Å². The Kier molecular flexibility index (Phi) is 15.0. The lowest BCUT2D eigenvalue weighted by Gasteiger charge is -2.37. The number of methoxy groups -OCH3 is 2. The first-order valence-corrected chi connectivity index (χ1v) is 12.2. The smallest absolute Gasteiger partial charge is 0.285 e. The minimum absolute atomic E-state index is 0.186. The zero-order chi connectivity index (χ0) is 23.0. The highest BCUT2D eigenvalue weighted by molar-refractivity contribution is 5.17. The number of ether oxygens (including phenoxy) is 3. The summed E-state index contributed by atoms with van der Waals surface area (Å²) in [5, 5.41) is 0. The third-order valence-electron chi connectivity index (χ3n) is 6.01. The second-order valence-electron chi connectivity index (χ2n) is 8.43. The first kappa shape index (κ1) is 28.0. The SMILES string of the molecule is CCCCCCCCC(CCCCCCc1cc(F)cc(F)c1)C(OC)(OC)OCC. The Bertz CT molecular complexity index is 556. The van der Waals surface area contributed by atoms with Gasteiger partial charge in [0.15, 0.2) is 0 Å². The van der Waals surface area contributed by atoms with Crippen LogP contribution in [0.15, 0.2) is 18.2 Å². The molecular formula is C26H44F2O3. The number of halogens is 2. The van der Waals surface area contributed by atoms with E-state index in [0.29, 0.717) is 13.0 Å². The highest BCUT2D eigenvalue weighted by Crippen LogP contribution is 2.33. The fourth-order valence-corrected chi connectivity index (χ4v) is 4.35. The van der Waals surface area contributed by atoms with Crippen molar-refractivity contribution in [3.05, 3.63) is 35.4 Å². The average Bonchev–Trinajstić information content (AvgIpc) is 2.75. The van der Waals surface area contributed by atoms with Crippen LogP contribution in [0.3, 0.4) is 0 Å². The molecule has 31 heavy (non-hydrogen) atoms. The number of hydrogen-bond acceptors (Lipinski definition) is 3. The van der Waals surface area contributed by atoms with Crippen LogP contribution in [0.25, 0.3) is 0 Å². The number of hydrogen-bond donors (Lipinski definition) is 0. The largest absolute Gasteiger partial charge is 0.331 e. The molecule has 1 atom stereocenters. The van der Waals surface area contributed by atoms with Gasteiger partial charge in [0.2, 0.25) is 0 Å². The molecule has 3 nitrogen and oxygen atoms in total. The van der Waals surface area contributed by atoms with Crippen molar-refractivity contribution in [2.45, 2.75) is 103 Å². The lowest BCUT2D eigenvalue weighted by Crippen LogP contribution is -2.45. The molecule has 180 valence electrons. The molecule has 1 aromatic rings. The van der Waals surface area contributed by atoms with Gasteiger partial charge in [0, 0.05) is 32.8 Å². The standard InChI is InChI=1S/C26H44F2O3/c1-5-7-8-9-10-14-17-23(26(29-3,30-4)31-6-2)18-15-12-11-13-16-22-19-24(27)21-25(28)20-22/h19-21,23H,5-18H2,1-4H3. The molecule has 0 radical (unpaired) electrons. The van der Waals surface area contributed by atoms with Crippen LogP contribution in [0.2, 0.25) is 0 Å². The van der Waals surface area contributed by atoms with Crippen molar-refractivity contribution in [3.8, 4) is 0 Å². The molecule has 1 rings (SSSR count). The van der Waals surface area contributed by atoms with Gasteiger partial charge in [-0.1, -0.05) is 64.7 Å². The number of aryl methyl sites for hydroxylation is 1. The minimum atomic E-state index is -0.975. The van der Waals surface area contributed by atoms with Gasteiger partial charge in [-0.05, 0) is 50.3 Å². The first-order valence-electron chi connectivity index (χ1n) is 12.2. The molecule has 0 saturated carbocycles. The molecule has 0 aliphatic rings. The summed E-state index contributed by atoms with van der Waals surface area (Å²) in [5.41, 5.74) is 0.729. The Labute approximate surface area is 188 Å². The number of benzene rings is 1. The quantitative estimate of drug-likeness (QED) is 0.161. The molecule has 5 heteroatoms. The highest BCUT2D eigenvalue weighted by atomic mass is 19.1. The van der Waals surface area contributed by atoms with E-state index in [2.05, 4.69) is 6.92 Å². The Balaban J connectivity index is 2.46. The van der Waals surface area contributed by atoms with Crippen molar-refractivity contribution in [1.29, 1.82) is 0 Å². The Morgan fingerprint density at radius 1 is 0.742 bits per heavy atom. The molecule has 0 bridgehead atoms. The van der Waals surface area contributed by atoms with Gasteiger partial charge in [0.1, 0.15) is 11.6 Å². The molecule has 1 unspecified atom stereocenters. The monoisotopic (exact) mass is 442 g/mol. The molecule has 0 fully saturated rings. The van der Waals surface area contributed by atoms with Crippen molar-refractivity contribution in [2.75, 3.05) is 20.8 Å². The summed E-state index contributed by atoms with van der Waals surface area (Å²) in [6.45, 7) is 4.74. The predicted molar refractivity (Wildman–Crippen MR) is 123 cm³/mol. The summed E-state index contributed by atoms with van der Waals surface area (Å²) >= 11 is 0. The first-order chi connectivity index (χ1) is 15.0. The van der Waals surface area contributed by atoms with Gasteiger partial charge < -0.3 is 14.2 Å². The average molecular weight is 443 g/mol. The Morgan fingerprint density at radius 2 is 1.26 bits per heavy atom. The van der Waals surface area contributed by atoms with Gasteiger partial charge >= 0.3 is 0 Å². The van der Waals surface area contributed by atoms with E-state index in [1.807, 2.05) is 6.92 Å². The molecule has 0 aromatic heterocycles. The maximum atomic E-state index is 13.3. The van der Waals surface area contributed by atoms with Crippen molar-refractivity contribution < 1.29 is 23.0 Å². The van der Waals surface area contributed by atoms with E-state index in [0.717, 1.165) is 56.6 Å². The molecule has 0 spiro atoms. The fourth-order valence-electron chi connectivity index (χ4n) is 4.35. The van der Waals surface area contributed by atoms with Crippen LogP contribution in [-0.4, -0.2) is 26.8 Å². The second-order valence-corrected chi connectivity index (χ2v) is 8.43. The van der Waals surface area contributed by atoms with Crippen molar-refractivity contribution >= 4 is 0 Å².